The van der Waals surface area contributed by atoms with Gasteiger partial charge in [0.05, 0.1) is 16.2 Å². The molecule has 3 aromatic carbocycles. The summed E-state index contributed by atoms with van der Waals surface area (Å²) in [5.74, 6) is -1.45. The van der Waals surface area contributed by atoms with Crippen molar-refractivity contribution in [2.75, 3.05) is 7.05 Å². The number of carbonyl (C=O) groups is 2. The average Bonchev–Trinajstić information content (AvgIpc) is 3.32. The van der Waals surface area contributed by atoms with Crippen LogP contribution in [0.1, 0.15) is 21.5 Å². The highest BCUT2D eigenvalue weighted by molar-refractivity contribution is 8.18. The van der Waals surface area contributed by atoms with Crippen LogP contribution in [0.15, 0.2) is 88.9 Å². The topological polar surface area (TPSA) is 74.9 Å². The number of para-hydroxylation sites is 1. The van der Waals surface area contributed by atoms with Crippen LogP contribution in [0.5, 0.6) is 0 Å². The number of benzene rings is 3. The zero-order valence-electron chi connectivity index (χ0n) is 18.7. The maximum Gasteiger partial charge on any atom is 0.335 e. The van der Waals surface area contributed by atoms with Crippen molar-refractivity contribution in [3.8, 4) is 0 Å². The van der Waals surface area contributed by atoms with Gasteiger partial charge in [-0.1, -0.05) is 30.3 Å². The van der Waals surface area contributed by atoms with Gasteiger partial charge in [0.1, 0.15) is 5.82 Å². The van der Waals surface area contributed by atoms with Crippen LogP contribution in [0.3, 0.4) is 0 Å². The van der Waals surface area contributed by atoms with Crippen molar-refractivity contribution >= 4 is 51.5 Å². The Hall–Kier alpha value is -4.17. The monoisotopic (exact) mass is 485 g/mol. The third-order valence-corrected chi connectivity index (χ3v) is 6.75. The molecule has 35 heavy (non-hydrogen) atoms. The van der Waals surface area contributed by atoms with Crippen LogP contribution < -0.4 is 0 Å². The molecule has 0 saturated carbocycles. The number of amidine groups is 1. The Labute approximate surface area is 205 Å². The fraction of sp³-hybridized carbons (Fsp3) is 0.0741. The van der Waals surface area contributed by atoms with Crippen molar-refractivity contribution in [3.63, 3.8) is 0 Å². The molecule has 0 aliphatic carbocycles. The van der Waals surface area contributed by atoms with E-state index in [2.05, 4.69) is 4.99 Å². The van der Waals surface area contributed by atoms with E-state index >= 15 is 0 Å². The van der Waals surface area contributed by atoms with Gasteiger partial charge in [-0.15, -0.1) is 0 Å². The molecule has 0 radical (unpaired) electrons. The minimum Gasteiger partial charge on any atom is -0.478 e. The first-order chi connectivity index (χ1) is 16.9. The lowest BCUT2D eigenvalue weighted by atomic mass is 10.1. The fourth-order valence-electron chi connectivity index (χ4n) is 3.93. The predicted molar refractivity (Wildman–Crippen MR) is 136 cm³/mol. The van der Waals surface area contributed by atoms with Crippen molar-refractivity contribution < 1.29 is 19.1 Å². The van der Waals surface area contributed by atoms with Gasteiger partial charge in [-0.3, -0.25) is 9.69 Å². The van der Waals surface area contributed by atoms with E-state index in [0.29, 0.717) is 22.3 Å². The first kappa shape index (κ1) is 22.6. The zero-order chi connectivity index (χ0) is 24.5. The normalized spacial score (nSPS) is 16.1. The molecule has 0 bridgehead atoms. The summed E-state index contributed by atoms with van der Waals surface area (Å²) < 4.78 is 15.7. The molecule has 6 nitrogen and oxygen atoms in total. The van der Waals surface area contributed by atoms with Crippen LogP contribution in [0.2, 0.25) is 0 Å². The van der Waals surface area contributed by atoms with Gasteiger partial charge in [0, 0.05) is 36.3 Å². The first-order valence-corrected chi connectivity index (χ1v) is 11.6. The highest BCUT2D eigenvalue weighted by Gasteiger charge is 2.30. The number of hydrogen-bond donors (Lipinski definition) is 1. The third-order valence-electron chi connectivity index (χ3n) is 5.69. The van der Waals surface area contributed by atoms with Crippen LogP contribution in [-0.4, -0.2) is 38.7 Å². The summed E-state index contributed by atoms with van der Waals surface area (Å²) >= 11 is 1.26. The number of fused-ring (bicyclic) bond motifs is 1. The number of carboxylic acid groups (broad SMARTS) is 1. The van der Waals surface area contributed by atoms with E-state index in [4.69, 9.17) is 5.11 Å². The van der Waals surface area contributed by atoms with Crippen LogP contribution in [-0.2, 0) is 11.3 Å². The second-order valence-electron chi connectivity index (χ2n) is 8.08. The summed E-state index contributed by atoms with van der Waals surface area (Å²) in [5.41, 5.74) is 3.45. The lowest BCUT2D eigenvalue weighted by Crippen LogP contribution is -2.23. The van der Waals surface area contributed by atoms with Gasteiger partial charge in [-0.2, -0.15) is 0 Å². The zero-order valence-corrected chi connectivity index (χ0v) is 19.5. The van der Waals surface area contributed by atoms with Crippen molar-refractivity contribution in [3.05, 3.63) is 106 Å². The van der Waals surface area contributed by atoms with E-state index in [1.54, 1.807) is 25.2 Å². The number of rotatable bonds is 5. The van der Waals surface area contributed by atoms with Gasteiger partial charge in [-0.25, -0.2) is 14.2 Å². The molecule has 1 aliphatic heterocycles. The van der Waals surface area contributed by atoms with Gasteiger partial charge in [0.15, 0.2) is 5.17 Å². The molecule has 1 saturated heterocycles. The second-order valence-corrected chi connectivity index (χ2v) is 9.09. The first-order valence-electron chi connectivity index (χ1n) is 10.8. The van der Waals surface area contributed by atoms with Gasteiger partial charge in [0.2, 0.25) is 0 Å². The summed E-state index contributed by atoms with van der Waals surface area (Å²) in [4.78, 5) is 30.5. The Morgan fingerprint density at radius 3 is 2.60 bits per heavy atom. The summed E-state index contributed by atoms with van der Waals surface area (Å²) in [6.45, 7) is 0.501. The number of amides is 1. The number of nitrogens with zero attached hydrogens (tertiary/aromatic N) is 3. The van der Waals surface area contributed by atoms with E-state index in [0.717, 1.165) is 22.0 Å². The van der Waals surface area contributed by atoms with Crippen molar-refractivity contribution in [1.29, 1.82) is 0 Å². The van der Waals surface area contributed by atoms with Gasteiger partial charge in [0.25, 0.3) is 5.91 Å². The van der Waals surface area contributed by atoms with E-state index in [-0.39, 0.29) is 17.3 Å². The molecule has 1 fully saturated rings. The Morgan fingerprint density at radius 1 is 1.09 bits per heavy atom. The molecule has 1 amide bonds. The molecule has 8 heteroatoms. The lowest BCUT2D eigenvalue weighted by molar-refractivity contribution is -0.121. The standard InChI is InChI=1S/C27H20FN3O3S/c1-30-25(32)24(35-27(30)29-21-11-9-18(10-12-21)26(33)34)14-19-16-31(23-8-3-2-7-22(19)23)15-17-5-4-6-20(28)13-17/h2-14,16H,15H2,1H3,(H,33,34)/b24-14-,29-27?. The minimum atomic E-state index is -1.01. The summed E-state index contributed by atoms with van der Waals surface area (Å²) in [7, 11) is 1.66. The maximum absolute atomic E-state index is 13.7. The van der Waals surface area contributed by atoms with E-state index in [9.17, 15) is 14.0 Å². The number of hydrogen-bond acceptors (Lipinski definition) is 4. The number of aromatic carboxylic acids is 1. The largest absolute Gasteiger partial charge is 0.478 e. The van der Waals surface area contributed by atoms with Gasteiger partial charge >= 0.3 is 5.97 Å². The number of likely N-dealkylation sites (N-methyl/N-ethyl adjacent to an activating group) is 1. The predicted octanol–water partition coefficient (Wildman–Crippen LogP) is 5.76. The number of thioether (sulfide) groups is 1. The Bertz CT molecular complexity index is 1520. The molecule has 174 valence electrons. The number of aliphatic imine (C=N–C) groups is 1. The number of carbonyl (C=O) groups excluding carboxylic acids is 1. The Balaban J connectivity index is 1.47. The van der Waals surface area contributed by atoms with Crippen LogP contribution in [0.25, 0.3) is 17.0 Å². The molecular weight excluding hydrogens is 465 g/mol. The van der Waals surface area contributed by atoms with Crippen LogP contribution in [0.4, 0.5) is 10.1 Å². The van der Waals surface area contributed by atoms with Crippen molar-refractivity contribution in [1.82, 2.24) is 9.47 Å². The summed E-state index contributed by atoms with van der Waals surface area (Å²) in [6, 6.07) is 20.6. The summed E-state index contributed by atoms with van der Waals surface area (Å²) in [6.07, 6.45) is 3.82. The van der Waals surface area contributed by atoms with Gasteiger partial charge < -0.3 is 9.67 Å². The van der Waals surface area contributed by atoms with Crippen molar-refractivity contribution in [2.45, 2.75) is 6.54 Å². The molecule has 4 aromatic rings. The molecule has 1 aliphatic rings. The average molecular weight is 486 g/mol. The molecule has 5 rings (SSSR count). The Kier molecular flexibility index (Phi) is 5.96. The van der Waals surface area contributed by atoms with Crippen LogP contribution in [0, 0.1) is 5.82 Å². The minimum absolute atomic E-state index is 0.169. The van der Waals surface area contributed by atoms with E-state index in [1.165, 1.54) is 40.9 Å². The van der Waals surface area contributed by atoms with Crippen LogP contribution >= 0.6 is 11.8 Å². The molecule has 1 N–H and O–H groups in total. The smallest absolute Gasteiger partial charge is 0.335 e. The summed E-state index contributed by atoms with van der Waals surface area (Å²) in [5, 5.41) is 10.6. The lowest BCUT2D eigenvalue weighted by Gasteiger charge is -2.07. The van der Waals surface area contributed by atoms with Crippen molar-refractivity contribution in [2.24, 2.45) is 4.99 Å². The second kappa shape index (κ2) is 9.23. The maximum atomic E-state index is 13.7. The Morgan fingerprint density at radius 2 is 1.86 bits per heavy atom. The van der Waals surface area contributed by atoms with E-state index in [1.807, 2.05) is 47.2 Å². The third kappa shape index (κ3) is 4.61. The quantitative estimate of drug-likeness (QED) is 0.365. The number of carboxylic acids is 1. The fourth-order valence-corrected chi connectivity index (χ4v) is 4.91. The number of halogens is 1. The molecule has 0 unspecified atom stereocenters. The van der Waals surface area contributed by atoms with Gasteiger partial charge in [-0.05, 0) is 65.9 Å². The highest BCUT2D eigenvalue weighted by atomic mass is 32.2. The SMILES string of the molecule is CN1C(=O)/C(=C/c2cn(Cc3cccc(F)c3)c3ccccc23)SC1=Nc1ccc(C(=O)O)cc1. The molecule has 0 spiro atoms. The molecule has 0 atom stereocenters. The highest BCUT2D eigenvalue weighted by Crippen LogP contribution is 2.35. The van der Waals surface area contributed by atoms with E-state index < -0.39 is 5.97 Å². The molecular formula is C27H20FN3O3S. The number of aromatic nitrogens is 1. The molecule has 2 heterocycles. The molecule has 1 aromatic heterocycles.